The molecule has 3 aromatic rings. The topological polar surface area (TPSA) is 54.1 Å². The Kier molecular flexibility index (Phi) is 4.39. The van der Waals surface area contributed by atoms with E-state index >= 15 is 0 Å². The molecule has 0 saturated heterocycles. The first-order valence-corrected chi connectivity index (χ1v) is 7.68. The van der Waals surface area contributed by atoms with Crippen molar-refractivity contribution in [3.8, 4) is 5.75 Å². The van der Waals surface area contributed by atoms with Gasteiger partial charge in [-0.25, -0.2) is 0 Å². The third-order valence-corrected chi connectivity index (χ3v) is 3.68. The summed E-state index contributed by atoms with van der Waals surface area (Å²) in [5, 5.41) is 5.90. The maximum Gasteiger partial charge on any atom is 0.256 e. The Bertz CT molecular complexity index is 839. The summed E-state index contributed by atoms with van der Waals surface area (Å²) >= 11 is 0. The summed E-state index contributed by atoms with van der Waals surface area (Å²) in [6.45, 7) is 4.55. The van der Waals surface area contributed by atoms with Gasteiger partial charge in [0.25, 0.3) is 5.56 Å². The second kappa shape index (κ2) is 6.62. The van der Waals surface area contributed by atoms with Gasteiger partial charge in [0.1, 0.15) is 12.4 Å². The number of hydrogen-bond donors (Lipinski definition) is 2. The summed E-state index contributed by atoms with van der Waals surface area (Å²) in [5.74, 6) is 0.809. The third-order valence-electron chi connectivity index (χ3n) is 3.68. The number of hydrogen-bond acceptors (Lipinski definition) is 3. The molecule has 0 spiro atoms. The lowest BCUT2D eigenvalue weighted by molar-refractivity contribution is 0.318. The summed E-state index contributed by atoms with van der Waals surface area (Å²) in [7, 11) is 0. The molecule has 2 N–H and O–H groups in total. The molecule has 0 aliphatic heterocycles. The van der Waals surface area contributed by atoms with Gasteiger partial charge in [-0.15, -0.1) is 0 Å². The van der Waals surface area contributed by atoms with Crippen molar-refractivity contribution in [3.05, 3.63) is 52.8 Å². The maximum atomic E-state index is 12.1. The highest BCUT2D eigenvalue weighted by molar-refractivity contribution is 6.08. The van der Waals surface area contributed by atoms with E-state index in [0.717, 1.165) is 41.5 Å². The van der Waals surface area contributed by atoms with Crippen LogP contribution in [-0.4, -0.2) is 24.7 Å². The first-order chi connectivity index (χ1) is 10.8. The van der Waals surface area contributed by atoms with Crippen LogP contribution in [0.1, 0.15) is 13.3 Å². The Hall–Kier alpha value is -2.33. The Morgan fingerprint density at radius 1 is 1.05 bits per heavy atom. The highest BCUT2D eigenvalue weighted by Crippen LogP contribution is 2.29. The second-order valence-electron chi connectivity index (χ2n) is 5.28. The van der Waals surface area contributed by atoms with E-state index in [1.54, 1.807) is 0 Å². The average molecular weight is 296 g/mol. The van der Waals surface area contributed by atoms with Crippen molar-refractivity contribution < 1.29 is 4.74 Å². The smallest absolute Gasteiger partial charge is 0.256 e. The SMILES string of the molecule is CCCNCCOc1cccc2[nH]c(=O)c3ccccc3c12. The van der Waals surface area contributed by atoms with Gasteiger partial charge in [0.05, 0.1) is 5.52 Å². The van der Waals surface area contributed by atoms with Crippen LogP contribution in [0.15, 0.2) is 47.3 Å². The molecule has 4 nitrogen and oxygen atoms in total. The van der Waals surface area contributed by atoms with E-state index in [4.69, 9.17) is 4.74 Å². The summed E-state index contributed by atoms with van der Waals surface area (Å²) in [6, 6.07) is 13.4. The lowest BCUT2D eigenvalue weighted by atomic mass is 10.1. The van der Waals surface area contributed by atoms with Crippen LogP contribution in [0.2, 0.25) is 0 Å². The quantitative estimate of drug-likeness (QED) is 0.543. The summed E-state index contributed by atoms with van der Waals surface area (Å²) in [5.41, 5.74) is 0.743. The maximum absolute atomic E-state index is 12.1. The zero-order valence-corrected chi connectivity index (χ0v) is 12.7. The number of nitrogens with one attached hydrogen (secondary N) is 2. The van der Waals surface area contributed by atoms with E-state index in [1.807, 2.05) is 42.5 Å². The molecule has 0 bridgehead atoms. The van der Waals surface area contributed by atoms with Gasteiger partial charge < -0.3 is 15.0 Å². The van der Waals surface area contributed by atoms with Crippen LogP contribution in [0, 0.1) is 0 Å². The Morgan fingerprint density at radius 3 is 2.68 bits per heavy atom. The lowest BCUT2D eigenvalue weighted by Gasteiger charge is -2.11. The van der Waals surface area contributed by atoms with E-state index in [0.29, 0.717) is 12.0 Å². The predicted octanol–water partition coefficient (Wildman–Crippen LogP) is 3.06. The fourth-order valence-electron chi connectivity index (χ4n) is 2.66. The molecule has 0 aliphatic rings. The molecule has 0 radical (unpaired) electrons. The number of fused-ring (bicyclic) bond motifs is 3. The van der Waals surface area contributed by atoms with Crippen molar-refractivity contribution in [3.63, 3.8) is 0 Å². The van der Waals surface area contributed by atoms with Gasteiger partial charge >= 0.3 is 0 Å². The third kappa shape index (κ3) is 2.83. The monoisotopic (exact) mass is 296 g/mol. The van der Waals surface area contributed by atoms with Gasteiger partial charge in [0, 0.05) is 22.7 Å². The Labute approximate surface area is 129 Å². The van der Waals surface area contributed by atoms with Crippen molar-refractivity contribution in [2.45, 2.75) is 13.3 Å². The van der Waals surface area contributed by atoms with Crippen LogP contribution in [-0.2, 0) is 0 Å². The fraction of sp³-hybridized carbons (Fsp3) is 0.278. The van der Waals surface area contributed by atoms with Crippen LogP contribution in [0.5, 0.6) is 5.75 Å². The number of aromatic nitrogens is 1. The van der Waals surface area contributed by atoms with E-state index < -0.39 is 0 Å². The van der Waals surface area contributed by atoms with Crippen LogP contribution in [0.3, 0.4) is 0 Å². The zero-order chi connectivity index (χ0) is 15.4. The van der Waals surface area contributed by atoms with Crippen LogP contribution >= 0.6 is 0 Å². The van der Waals surface area contributed by atoms with E-state index in [9.17, 15) is 4.79 Å². The van der Waals surface area contributed by atoms with Gasteiger partial charge in [-0.2, -0.15) is 0 Å². The Morgan fingerprint density at radius 2 is 1.86 bits per heavy atom. The Balaban J connectivity index is 2.00. The molecule has 0 amide bonds. The summed E-state index contributed by atoms with van der Waals surface area (Å²) in [4.78, 5) is 15.1. The minimum Gasteiger partial charge on any atom is -0.492 e. The standard InChI is InChI=1S/C18H20N2O2/c1-2-10-19-11-12-22-16-9-5-8-15-17(16)13-6-3-4-7-14(13)18(21)20-15/h3-9,19H,2,10-12H2,1H3,(H,20,21). The van der Waals surface area contributed by atoms with Gasteiger partial charge in [0.15, 0.2) is 0 Å². The van der Waals surface area contributed by atoms with Crippen molar-refractivity contribution in [2.24, 2.45) is 0 Å². The van der Waals surface area contributed by atoms with Crippen LogP contribution < -0.4 is 15.6 Å². The molecule has 114 valence electrons. The molecular weight excluding hydrogens is 276 g/mol. The number of aromatic amines is 1. The second-order valence-corrected chi connectivity index (χ2v) is 5.28. The molecule has 4 heteroatoms. The van der Waals surface area contributed by atoms with E-state index in [1.165, 1.54) is 0 Å². The zero-order valence-electron chi connectivity index (χ0n) is 12.7. The molecular formula is C18H20N2O2. The molecule has 0 aliphatic carbocycles. The van der Waals surface area contributed by atoms with Crippen molar-refractivity contribution >= 4 is 21.7 Å². The lowest BCUT2D eigenvalue weighted by Crippen LogP contribution is -2.21. The van der Waals surface area contributed by atoms with Gasteiger partial charge in [-0.3, -0.25) is 4.79 Å². The minimum atomic E-state index is -0.0649. The molecule has 3 rings (SSSR count). The van der Waals surface area contributed by atoms with Crippen molar-refractivity contribution in [2.75, 3.05) is 19.7 Å². The fourth-order valence-corrected chi connectivity index (χ4v) is 2.66. The number of benzene rings is 2. The number of ether oxygens (including phenoxy) is 1. The molecule has 2 aromatic carbocycles. The minimum absolute atomic E-state index is 0.0649. The van der Waals surface area contributed by atoms with E-state index in [2.05, 4.69) is 17.2 Å². The first-order valence-electron chi connectivity index (χ1n) is 7.68. The number of pyridine rings is 1. The van der Waals surface area contributed by atoms with Crippen LogP contribution in [0.4, 0.5) is 0 Å². The average Bonchev–Trinajstić information content (AvgIpc) is 2.55. The highest BCUT2D eigenvalue weighted by Gasteiger charge is 2.09. The van der Waals surface area contributed by atoms with Crippen LogP contribution in [0.25, 0.3) is 21.7 Å². The van der Waals surface area contributed by atoms with Gasteiger partial charge in [0.2, 0.25) is 0 Å². The van der Waals surface area contributed by atoms with Gasteiger partial charge in [-0.1, -0.05) is 31.2 Å². The number of rotatable bonds is 6. The molecule has 0 atom stereocenters. The van der Waals surface area contributed by atoms with Crippen molar-refractivity contribution in [1.29, 1.82) is 0 Å². The molecule has 22 heavy (non-hydrogen) atoms. The first kappa shape index (κ1) is 14.6. The molecule has 1 aromatic heterocycles. The van der Waals surface area contributed by atoms with Gasteiger partial charge in [-0.05, 0) is 31.2 Å². The highest BCUT2D eigenvalue weighted by atomic mass is 16.5. The molecule has 0 fully saturated rings. The van der Waals surface area contributed by atoms with Crippen molar-refractivity contribution in [1.82, 2.24) is 10.3 Å². The van der Waals surface area contributed by atoms with E-state index in [-0.39, 0.29) is 5.56 Å². The molecule has 1 heterocycles. The summed E-state index contributed by atoms with van der Waals surface area (Å²) < 4.78 is 5.93. The summed E-state index contributed by atoms with van der Waals surface area (Å²) in [6.07, 6.45) is 1.11. The largest absolute Gasteiger partial charge is 0.492 e. The predicted molar refractivity (Wildman–Crippen MR) is 90.7 cm³/mol. The number of H-pyrrole nitrogens is 1. The normalized spacial score (nSPS) is 11.1. The molecule has 0 unspecified atom stereocenters. The molecule has 0 saturated carbocycles.